The number of aromatic nitrogens is 3. The normalized spacial score (nSPS) is 13.6. The van der Waals surface area contributed by atoms with Crippen LogP contribution < -0.4 is 5.32 Å². The van der Waals surface area contributed by atoms with Crippen molar-refractivity contribution < 1.29 is 18.0 Å². The molecule has 0 radical (unpaired) electrons. The van der Waals surface area contributed by atoms with Gasteiger partial charge in [0.25, 0.3) is 0 Å². The maximum Gasteiger partial charge on any atom is 0.442 e. The first-order valence-electron chi connectivity index (χ1n) is 3.79. The average Bonchev–Trinajstić information content (AvgIpc) is 2.53. The van der Waals surface area contributed by atoms with E-state index in [1.165, 1.54) is 0 Å². The first kappa shape index (κ1) is 11.8. The predicted octanol–water partition coefficient (Wildman–Crippen LogP) is 1.38. The fourth-order valence-corrected chi connectivity index (χ4v) is 1.30. The Morgan fingerprint density at radius 2 is 2.33 bits per heavy atom. The van der Waals surface area contributed by atoms with Crippen LogP contribution in [0.1, 0.15) is 6.92 Å². The number of nitrogens with one attached hydrogen (secondary N) is 2. The van der Waals surface area contributed by atoms with Gasteiger partial charge in [-0.1, -0.05) is 0 Å². The molecule has 1 heterocycles. The SMILES string of the molecule is C[C@H](SC(F)(F)F)C(=O)Nc1ncn[nH]1. The second kappa shape index (κ2) is 4.51. The van der Waals surface area contributed by atoms with E-state index in [1.54, 1.807) is 0 Å². The van der Waals surface area contributed by atoms with E-state index < -0.39 is 16.7 Å². The molecule has 84 valence electrons. The van der Waals surface area contributed by atoms with Crippen molar-refractivity contribution in [2.75, 3.05) is 5.32 Å². The number of anilines is 1. The van der Waals surface area contributed by atoms with Crippen LogP contribution in [0.3, 0.4) is 0 Å². The van der Waals surface area contributed by atoms with Crippen molar-refractivity contribution in [3.8, 4) is 0 Å². The third-order valence-corrected chi connectivity index (χ3v) is 2.17. The largest absolute Gasteiger partial charge is 0.442 e. The van der Waals surface area contributed by atoms with Crippen LogP contribution in [-0.2, 0) is 4.79 Å². The van der Waals surface area contributed by atoms with Crippen LogP contribution in [0.4, 0.5) is 19.1 Å². The Morgan fingerprint density at radius 3 is 2.80 bits per heavy atom. The zero-order chi connectivity index (χ0) is 11.5. The molecule has 1 aromatic rings. The van der Waals surface area contributed by atoms with Gasteiger partial charge in [0.15, 0.2) is 0 Å². The smallest absolute Gasteiger partial charge is 0.294 e. The number of amides is 1. The van der Waals surface area contributed by atoms with Gasteiger partial charge < -0.3 is 0 Å². The van der Waals surface area contributed by atoms with Crippen LogP contribution in [0, 0.1) is 0 Å². The highest BCUT2D eigenvalue weighted by Crippen LogP contribution is 2.33. The highest BCUT2D eigenvalue weighted by molar-refractivity contribution is 8.01. The first-order chi connectivity index (χ1) is 6.88. The van der Waals surface area contributed by atoms with E-state index in [-0.39, 0.29) is 17.7 Å². The second-order valence-electron chi connectivity index (χ2n) is 2.53. The molecule has 1 atom stereocenters. The number of hydrogen-bond acceptors (Lipinski definition) is 4. The molecular formula is C6H7F3N4OS. The number of H-pyrrole nitrogens is 1. The maximum atomic E-state index is 11.9. The van der Waals surface area contributed by atoms with Gasteiger partial charge in [-0.2, -0.15) is 23.3 Å². The average molecular weight is 240 g/mol. The molecule has 15 heavy (non-hydrogen) atoms. The van der Waals surface area contributed by atoms with Crippen LogP contribution in [0.25, 0.3) is 0 Å². The fraction of sp³-hybridized carbons (Fsp3) is 0.500. The molecule has 0 saturated carbocycles. The van der Waals surface area contributed by atoms with E-state index in [4.69, 9.17) is 0 Å². The van der Waals surface area contributed by atoms with Gasteiger partial charge in [0.1, 0.15) is 6.33 Å². The topological polar surface area (TPSA) is 70.7 Å². The van der Waals surface area contributed by atoms with Gasteiger partial charge >= 0.3 is 5.51 Å². The lowest BCUT2D eigenvalue weighted by Gasteiger charge is -2.11. The Bertz CT molecular complexity index is 326. The van der Waals surface area contributed by atoms with Gasteiger partial charge in [-0.25, -0.2) is 5.10 Å². The zero-order valence-electron chi connectivity index (χ0n) is 7.50. The summed E-state index contributed by atoms with van der Waals surface area (Å²) in [4.78, 5) is 14.7. The van der Waals surface area contributed by atoms with Gasteiger partial charge in [-0.3, -0.25) is 10.1 Å². The molecule has 0 aliphatic rings. The summed E-state index contributed by atoms with van der Waals surface area (Å²) in [7, 11) is 0. The maximum absolute atomic E-state index is 11.9. The van der Waals surface area contributed by atoms with Crippen LogP contribution >= 0.6 is 11.8 Å². The van der Waals surface area contributed by atoms with E-state index in [2.05, 4.69) is 20.5 Å². The lowest BCUT2D eigenvalue weighted by Crippen LogP contribution is -2.25. The fourth-order valence-electron chi connectivity index (χ4n) is 0.738. The molecular weight excluding hydrogens is 233 g/mol. The molecule has 0 aromatic carbocycles. The van der Waals surface area contributed by atoms with E-state index in [1.807, 2.05) is 0 Å². The van der Waals surface area contributed by atoms with E-state index >= 15 is 0 Å². The highest BCUT2D eigenvalue weighted by atomic mass is 32.2. The standard InChI is InChI=1S/C6H7F3N4OS/c1-3(15-6(7,8)9)4(14)12-5-10-2-11-13-5/h2-3H,1H3,(H2,10,11,12,13,14)/t3-/m0/s1. The van der Waals surface area contributed by atoms with Gasteiger partial charge in [-0.05, 0) is 18.7 Å². The van der Waals surface area contributed by atoms with E-state index in [9.17, 15) is 18.0 Å². The number of carbonyl (C=O) groups excluding carboxylic acids is 1. The highest BCUT2D eigenvalue weighted by Gasteiger charge is 2.34. The molecule has 9 heteroatoms. The first-order valence-corrected chi connectivity index (χ1v) is 4.67. The Morgan fingerprint density at radius 1 is 1.67 bits per heavy atom. The van der Waals surface area contributed by atoms with Crippen molar-refractivity contribution in [1.29, 1.82) is 0 Å². The minimum absolute atomic E-state index is 0.0228. The Hall–Kier alpha value is -1.25. The summed E-state index contributed by atoms with van der Waals surface area (Å²) in [6, 6.07) is 0. The molecule has 2 N–H and O–H groups in total. The number of rotatable bonds is 3. The molecule has 1 rings (SSSR count). The number of nitrogens with zero attached hydrogens (tertiary/aromatic N) is 2. The van der Waals surface area contributed by atoms with Crippen molar-refractivity contribution in [2.24, 2.45) is 0 Å². The summed E-state index contributed by atoms with van der Waals surface area (Å²) in [6.45, 7) is 1.16. The molecule has 1 aromatic heterocycles. The molecule has 0 aliphatic carbocycles. The van der Waals surface area contributed by atoms with Gasteiger partial charge in [0, 0.05) is 0 Å². The Kier molecular flexibility index (Phi) is 3.56. The number of thioether (sulfide) groups is 1. The number of carbonyl (C=O) groups is 1. The van der Waals surface area contributed by atoms with Gasteiger partial charge in [0.05, 0.1) is 5.25 Å². The molecule has 5 nitrogen and oxygen atoms in total. The van der Waals surface area contributed by atoms with Crippen molar-refractivity contribution in [3.05, 3.63) is 6.33 Å². The third-order valence-electron chi connectivity index (χ3n) is 1.34. The number of halogens is 3. The number of aromatic amines is 1. The van der Waals surface area contributed by atoms with E-state index in [0.717, 1.165) is 13.3 Å². The minimum atomic E-state index is -4.43. The lowest BCUT2D eigenvalue weighted by atomic mass is 10.4. The third kappa shape index (κ3) is 4.19. The summed E-state index contributed by atoms with van der Waals surface area (Å²) in [5.41, 5.74) is -4.43. The Labute approximate surface area is 86.8 Å². The Balaban J connectivity index is 2.47. The molecule has 1 amide bonds. The monoisotopic (exact) mass is 240 g/mol. The predicted molar refractivity (Wildman–Crippen MR) is 48.1 cm³/mol. The van der Waals surface area contributed by atoms with Gasteiger partial charge in [-0.15, -0.1) is 0 Å². The second-order valence-corrected chi connectivity index (χ2v) is 3.93. The van der Waals surface area contributed by atoms with Gasteiger partial charge in [0.2, 0.25) is 11.9 Å². The number of hydrogen-bond donors (Lipinski definition) is 2. The molecule has 0 bridgehead atoms. The molecule has 0 saturated heterocycles. The summed E-state index contributed by atoms with van der Waals surface area (Å²) in [5.74, 6) is -0.760. The number of alkyl halides is 3. The summed E-state index contributed by atoms with van der Waals surface area (Å²) in [5, 5.41) is 6.65. The van der Waals surface area contributed by atoms with Crippen LogP contribution in [-0.4, -0.2) is 31.8 Å². The molecule has 0 aliphatic heterocycles. The van der Waals surface area contributed by atoms with Crippen molar-refractivity contribution in [1.82, 2.24) is 15.2 Å². The zero-order valence-corrected chi connectivity index (χ0v) is 8.32. The molecule has 0 unspecified atom stereocenters. The minimum Gasteiger partial charge on any atom is -0.294 e. The summed E-state index contributed by atoms with van der Waals surface area (Å²) < 4.78 is 35.7. The van der Waals surface area contributed by atoms with Crippen LogP contribution in [0.15, 0.2) is 6.33 Å². The van der Waals surface area contributed by atoms with Crippen molar-refractivity contribution in [2.45, 2.75) is 17.7 Å². The van der Waals surface area contributed by atoms with Crippen molar-refractivity contribution in [3.63, 3.8) is 0 Å². The van der Waals surface area contributed by atoms with Crippen LogP contribution in [0.2, 0.25) is 0 Å². The molecule has 0 fully saturated rings. The molecule has 0 spiro atoms. The summed E-state index contributed by atoms with van der Waals surface area (Å²) in [6.07, 6.45) is 1.14. The van der Waals surface area contributed by atoms with Crippen molar-refractivity contribution >= 4 is 23.6 Å². The quantitative estimate of drug-likeness (QED) is 0.837. The van der Waals surface area contributed by atoms with Crippen LogP contribution in [0.5, 0.6) is 0 Å². The summed E-state index contributed by atoms with van der Waals surface area (Å²) >= 11 is -0.387. The van der Waals surface area contributed by atoms with E-state index in [0.29, 0.717) is 0 Å². The lowest BCUT2D eigenvalue weighted by molar-refractivity contribution is -0.115.